The molecule has 1 aromatic heterocycles. The first-order chi connectivity index (χ1) is 14.4. The number of ether oxygens (including phenoxy) is 1. The van der Waals surface area contributed by atoms with Crippen LogP contribution in [0.3, 0.4) is 0 Å². The zero-order valence-electron chi connectivity index (χ0n) is 16.9. The lowest BCUT2D eigenvalue weighted by Gasteiger charge is -2.12. The van der Waals surface area contributed by atoms with Gasteiger partial charge >= 0.3 is 0 Å². The molecule has 9 heteroatoms. The van der Waals surface area contributed by atoms with Gasteiger partial charge in [-0.3, -0.25) is 4.79 Å². The van der Waals surface area contributed by atoms with E-state index in [1.165, 1.54) is 11.8 Å². The zero-order valence-corrected chi connectivity index (χ0v) is 19.2. The molecule has 0 saturated carbocycles. The fraction of sp³-hybridized carbons (Fsp3) is 0.286. The summed E-state index contributed by atoms with van der Waals surface area (Å²) in [6, 6.07) is 11.1. The van der Waals surface area contributed by atoms with E-state index < -0.39 is 0 Å². The summed E-state index contributed by atoms with van der Waals surface area (Å²) in [7, 11) is 0. The molecule has 0 fully saturated rings. The van der Waals surface area contributed by atoms with Crippen LogP contribution < -0.4 is 10.1 Å². The Morgan fingerprint density at radius 3 is 2.53 bits per heavy atom. The van der Waals surface area contributed by atoms with Crippen LogP contribution in [-0.2, 0) is 17.9 Å². The predicted molar refractivity (Wildman–Crippen MR) is 122 cm³/mol. The molecule has 0 atom stereocenters. The number of hydrogen-bond donors (Lipinski definition) is 1. The predicted octanol–water partition coefficient (Wildman–Crippen LogP) is 5.53. The summed E-state index contributed by atoms with van der Waals surface area (Å²) in [6.45, 7) is 7.00. The van der Waals surface area contributed by atoms with Crippen molar-refractivity contribution < 1.29 is 9.53 Å². The molecule has 0 saturated heterocycles. The van der Waals surface area contributed by atoms with Gasteiger partial charge in [0.1, 0.15) is 12.4 Å². The third-order valence-electron chi connectivity index (χ3n) is 4.42. The van der Waals surface area contributed by atoms with Gasteiger partial charge in [-0.1, -0.05) is 59.2 Å². The quantitative estimate of drug-likeness (QED) is 0.443. The van der Waals surface area contributed by atoms with Gasteiger partial charge < -0.3 is 14.6 Å². The number of nitrogens with one attached hydrogen (secondary N) is 1. The van der Waals surface area contributed by atoms with Crippen molar-refractivity contribution in [3.63, 3.8) is 0 Å². The van der Waals surface area contributed by atoms with Crippen molar-refractivity contribution in [1.29, 1.82) is 0 Å². The van der Waals surface area contributed by atoms with Crippen LogP contribution >= 0.6 is 35.0 Å². The molecule has 30 heavy (non-hydrogen) atoms. The largest absolute Gasteiger partial charge is 0.485 e. The second-order valence-corrected chi connectivity index (χ2v) is 8.32. The molecule has 0 unspecified atom stereocenters. The van der Waals surface area contributed by atoms with Crippen molar-refractivity contribution in [2.24, 2.45) is 0 Å². The zero-order chi connectivity index (χ0) is 21.7. The Bertz CT molecular complexity index is 1040. The van der Waals surface area contributed by atoms with Gasteiger partial charge in [-0.05, 0) is 44.0 Å². The van der Waals surface area contributed by atoms with Gasteiger partial charge in [-0.25, -0.2) is 0 Å². The molecule has 0 radical (unpaired) electrons. The van der Waals surface area contributed by atoms with E-state index in [1.54, 1.807) is 18.2 Å². The minimum atomic E-state index is -0.205. The number of carbonyl (C=O) groups is 1. The third kappa shape index (κ3) is 5.28. The highest BCUT2D eigenvalue weighted by molar-refractivity contribution is 7.99. The van der Waals surface area contributed by atoms with Gasteiger partial charge in [-0.2, -0.15) is 0 Å². The molecule has 3 aromatic rings. The van der Waals surface area contributed by atoms with Crippen LogP contribution in [0.4, 0.5) is 5.69 Å². The van der Waals surface area contributed by atoms with Crippen LogP contribution in [-0.4, -0.2) is 26.4 Å². The molecule has 2 aromatic carbocycles. The number of para-hydroxylation sites is 1. The van der Waals surface area contributed by atoms with Gasteiger partial charge in [0.15, 0.2) is 11.0 Å². The molecule has 3 rings (SSSR count). The number of hydrogen-bond acceptors (Lipinski definition) is 5. The summed E-state index contributed by atoms with van der Waals surface area (Å²) in [4.78, 5) is 12.3. The summed E-state index contributed by atoms with van der Waals surface area (Å²) < 4.78 is 7.94. The van der Waals surface area contributed by atoms with Gasteiger partial charge in [-0.15, -0.1) is 10.2 Å². The van der Waals surface area contributed by atoms with Crippen LogP contribution in [0.1, 0.15) is 23.9 Å². The Labute approximate surface area is 189 Å². The first-order valence-electron chi connectivity index (χ1n) is 9.38. The molecule has 0 aliphatic carbocycles. The number of benzene rings is 2. The lowest BCUT2D eigenvalue weighted by molar-refractivity contribution is -0.113. The number of halogens is 2. The average Bonchev–Trinajstić information content (AvgIpc) is 3.11. The van der Waals surface area contributed by atoms with Gasteiger partial charge in [0.05, 0.1) is 21.5 Å². The Morgan fingerprint density at radius 2 is 1.83 bits per heavy atom. The van der Waals surface area contributed by atoms with Crippen LogP contribution in [0, 0.1) is 13.8 Å². The SMILES string of the molecule is CCn1c(COc2c(C)cccc2C)nnc1SCC(=O)Nc1cccc(Cl)c1Cl. The number of carbonyl (C=O) groups excluding carboxylic acids is 1. The maximum Gasteiger partial charge on any atom is 0.234 e. The van der Waals surface area contributed by atoms with Gasteiger partial charge in [0.25, 0.3) is 0 Å². The Kier molecular flexibility index (Phi) is 7.64. The minimum Gasteiger partial charge on any atom is -0.485 e. The second-order valence-electron chi connectivity index (χ2n) is 6.59. The lowest BCUT2D eigenvalue weighted by Crippen LogP contribution is -2.15. The lowest BCUT2D eigenvalue weighted by atomic mass is 10.1. The highest BCUT2D eigenvalue weighted by atomic mass is 35.5. The maximum absolute atomic E-state index is 12.3. The Balaban J connectivity index is 1.62. The van der Waals surface area contributed by atoms with Crippen LogP contribution in [0.25, 0.3) is 0 Å². The highest BCUT2D eigenvalue weighted by Gasteiger charge is 2.15. The standard InChI is InChI=1S/C21H22Cl2N4O2S/c1-4-27-17(11-29-20-13(2)7-5-8-14(20)3)25-26-21(27)30-12-18(28)24-16-10-6-9-15(22)19(16)23/h5-10H,4,11-12H2,1-3H3,(H,24,28). The van der Waals surface area contributed by atoms with Crippen molar-refractivity contribution in [3.05, 3.63) is 63.4 Å². The fourth-order valence-electron chi connectivity index (χ4n) is 2.93. The summed E-state index contributed by atoms with van der Waals surface area (Å²) in [5.41, 5.74) is 2.63. The van der Waals surface area contributed by atoms with Gasteiger partial charge in [0.2, 0.25) is 5.91 Å². The molecule has 0 aliphatic heterocycles. The van der Waals surface area contributed by atoms with E-state index >= 15 is 0 Å². The smallest absolute Gasteiger partial charge is 0.234 e. The van der Waals surface area contributed by atoms with E-state index in [1.807, 2.05) is 43.5 Å². The van der Waals surface area contributed by atoms with E-state index in [2.05, 4.69) is 15.5 Å². The van der Waals surface area contributed by atoms with E-state index in [0.29, 0.717) is 39.9 Å². The summed E-state index contributed by atoms with van der Waals surface area (Å²) in [5.74, 6) is 1.53. The van der Waals surface area contributed by atoms with Crippen molar-refractivity contribution in [2.45, 2.75) is 39.1 Å². The minimum absolute atomic E-state index is 0.165. The maximum atomic E-state index is 12.3. The van der Waals surface area contributed by atoms with Crippen LogP contribution in [0.15, 0.2) is 41.6 Å². The van der Waals surface area contributed by atoms with Crippen LogP contribution in [0.2, 0.25) is 10.0 Å². The fourth-order valence-corrected chi connectivity index (χ4v) is 4.10. The van der Waals surface area contributed by atoms with E-state index in [9.17, 15) is 4.79 Å². The topological polar surface area (TPSA) is 69.0 Å². The number of amides is 1. The highest BCUT2D eigenvalue weighted by Crippen LogP contribution is 2.30. The molecule has 6 nitrogen and oxygen atoms in total. The first kappa shape index (κ1) is 22.5. The number of thioether (sulfide) groups is 1. The van der Waals surface area contributed by atoms with Crippen molar-refractivity contribution in [1.82, 2.24) is 14.8 Å². The van der Waals surface area contributed by atoms with Crippen molar-refractivity contribution in [2.75, 3.05) is 11.1 Å². The molecular weight excluding hydrogens is 443 g/mol. The first-order valence-corrected chi connectivity index (χ1v) is 11.1. The molecule has 1 N–H and O–H groups in total. The normalized spacial score (nSPS) is 10.8. The number of anilines is 1. The number of rotatable bonds is 8. The molecule has 0 aliphatic rings. The van der Waals surface area contributed by atoms with E-state index in [-0.39, 0.29) is 11.7 Å². The summed E-state index contributed by atoms with van der Waals surface area (Å²) >= 11 is 13.4. The Hall–Kier alpha value is -2.22. The van der Waals surface area contributed by atoms with E-state index in [0.717, 1.165) is 16.9 Å². The molecule has 1 heterocycles. The van der Waals surface area contributed by atoms with E-state index in [4.69, 9.17) is 27.9 Å². The summed E-state index contributed by atoms with van der Waals surface area (Å²) in [6.07, 6.45) is 0. The summed E-state index contributed by atoms with van der Waals surface area (Å²) in [5, 5.41) is 12.6. The van der Waals surface area contributed by atoms with Crippen LogP contribution in [0.5, 0.6) is 5.75 Å². The molecule has 158 valence electrons. The number of aromatic nitrogens is 3. The molecule has 0 bridgehead atoms. The Morgan fingerprint density at radius 1 is 1.13 bits per heavy atom. The monoisotopic (exact) mass is 464 g/mol. The average molecular weight is 465 g/mol. The van der Waals surface area contributed by atoms with Crippen molar-refractivity contribution in [3.8, 4) is 5.75 Å². The molecular formula is C21H22Cl2N4O2S. The molecule has 1 amide bonds. The second kappa shape index (κ2) is 10.2. The van der Waals surface area contributed by atoms with Gasteiger partial charge in [0, 0.05) is 6.54 Å². The van der Waals surface area contributed by atoms with Crippen molar-refractivity contribution >= 4 is 46.6 Å². The number of nitrogens with zero attached hydrogens (tertiary/aromatic N) is 3. The third-order valence-corrected chi connectivity index (χ3v) is 6.21. The molecule has 0 spiro atoms. The number of aryl methyl sites for hydroxylation is 2.